The fourth-order valence-electron chi connectivity index (χ4n) is 2.81. The van der Waals surface area contributed by atoms with Gasteiger partial charge in [-0.2, -0.15) is 0 Å². The Kier molecular flexibility index (Phi) is 4.10. The van der Waals surface area contributed by atoms with Crippen molar-refractivity contribution in [3.63, 3.8) is 0 Å². The maximum Gasteiger partial charge on any atom is 0.239 e. The Labute approximate surface area is 132 Å². The molecular formula is C16H19F3N2O2. The normalized spacial score (nSPS) is 26.5. The molecule has 7 heteroatoms. The Hall–Kier alpha value is -1.60. The van der Waals surface area contributed by atoms with Gasteiger partial charge in [0, 0.05) is 25.2 Å². The summed E-state index contributed by atoms with van der Waals surface area (Å²) in [6.07, 6.45) is -1.98. The number of ether oxygens (including phenoxy) is 1. The molecule has 2 aliphatic heterocycles. The summed E-state index contributed by atoms with van der Waals surface area (Å²) in [7, 11) is 0. The Morgan fingerprint density at radius 1 is 1.30 bits per heavy atom. The average molecular weight is 328 g/mol. The van der Waals surface area contributed by atoms with Crippen LogP contribution in [0.1, 0.15) is 24.3 Å². The molecule has 0 bridgehead atoms. The smallest absolute Gasteiger partial charge is 0.239 e. The number of amides is 1. The summed E-state index contributed by atoms with van der Waals surface area (Å²) < 4.78 is 47.4. The van der Waals surface area contributed by atoms with Gasteiger partial charge in [-0.3, -0.25) is 9.69 Å². The molecule has 2 aliphatic rings. The van der Waals surface area contributed by atoms with Crippen molar-refractivity contribution in [3.05, 3.63) is 34.9 Å². The number of alkyl halides is 1. The first-order valence-corrected chi connectivity index (χ1v) is 7.55. The first-order chi connectivity index (χ1) is 10.8. The maximum absolute atomic E-state index is 14.6. The van der Waals surface area contributed by atoms with Crippen molar-refractivity contribution in [1.29, 1.82) is 0 Å². The quantitative estimate of drug-likeness (QED) is 0.628. The molecule has 4 nitrogen and oxygen atoms in total. The van der Waals surface area contributed by atoms with Gasteiger partial charge in [0.05, 0.1) is 13.2 Å². The van der Waals surface area contributed by atoms with Crippen molar-refractivity contribution < 1.29 is 22.7 Å². The highest BCUT2D eigenvalue weighted by Gasteiger charge is 2.42. The molecule has 1 aromatic rings. The highest BCUT2D eigenvalue weighted by atomic mass is 19.2. The zero-order valence-corrected chi connectivity index (χ0v) is 13.1. The van der Waals surface area contributed by atoms with E-state index < -0.39 is 29.4 Å². The van der Waals surface area contributed by atoms with Crippen LogP contribution in [0.4, 0.5) is 13.2 Å². The predicted octanol–water partition coefficient (Wildman–Crippen LogP) is 2.17. The lowest BCUT2D eigenvalue weighted by molar-refractivity contribution is -0.143. The van der Waals surface area contributed by atoms with Crippen molar-refractivity contribution in [3.8, 4) is 0 Å². The summed E-state index contributed by atoms with van der Waals surface area (Å²) in [5.41, 5.74) is -0.552. The molecule has 3 rings (SSSR count). The molecule has 0 aliphatic carbocycles. The second-order valence-electron chi connectivity index (χ2n) is 6.47. The Balaban J connectivity index is 1.70. The molecule has 0 N–H and O–H groups in total. The minimum absolute atomic E-state index is 0.0509. The summed E-state index contributed by atoms with van der Waals surface area (Å²) in [5.74, 6) is -2.74. The van der Waals surface area contributed by atoms with E-state index in [9.17, 15) is 18.0 Å². The number of piperazine rings is 1. The highest BCUT2D eigenvalue weighted by molar-refractivity contribution is 5.79. The van der Waals surface area contributed by atoms with Gasteiger partial charge in [0.1, 0.15) is 5.60 Å². The van der Waals surface area contributed by atoms with Gasteiger partial charge in [-0.25, -0.2) is 13.2 Å². The van der Waals surface area contributed by atoms with Crippen LogP contribution in [0, 0.1) is 18.6 Å². The maximum atomic E-state index is 14.6. The van der Waals surface area contributed by atoms with E-state index in [1.165, 1.54) is 19.1 Å². The summed E-state index contributed by atoms with van der Waals surface area (Å²) >= 11 is 0. The van der Waals surface area contributed by atoms with E-state index in [1.54, 1.807) is 0 Å². The molecule has 2 fully saturated rings. The Morgan fingerprint density at radius 3 is 2.61 bits per heavy atom. The fraction of sp³-hybridized carbons (Fsp3) is 0.562. The fourth-order valence-corrected chi connectivity index (χ4v) is 2.81. The van der Waals surface area contributed by atoms with Crippen LogP contribution in [0.5, 0.6) is 0 Å². The molecular weight excluding hydrogens is 309 g/mol. The van der Waals surface area contributed by atoms with E-state index >= 15 is 0 Å². The lowest BCUT2D eigenvalue weighted by Gasteiger charge is -2.36. The SMILES string of the molecule is Cc1ccc(C(F)N2CCN(CC3(C)CO3)CC2=O)c(F)c1F. The average Bonchev–Trinajstić information content (AvgIpc) is 3.21. The molecule has 0 saturated carbocycles. The van der Waals surface area contributed by atoms with E-state index in [1.807, 2.05) is 11.8 Å². The lowest BCUT2D eigenvalue weighted by atomic mass is 10.1. The summed E-state index contributed by atoms with van der Waals surface area (Å²) in [5, 5.41) is 0. The number of aryl methyl sites for hydroxylation is 1. The Morgan fingerprint density at radius 2 is 2.00 bits per heavy atom. The first kappa shape index (κ1) is 16.3. The van der Waals surface area contributed by atoms with Crippen molar-refractivity contribution in [2.45, 2.75) is 25.7 Å². The summed E-state index contributed by atoms with van der Waals surface area (Å²) in [4.78, 5) is 15.0. The van der Waals surface area contributed by atoms with E-state index in [0.717, 1.165) is 4.90 Å². The van der Waals surface area contributed by atoms with Crippen molar-refractivity contribution in [1.82, 2.24) is 9.80 Å². The molecule has 2 unspecified atom stereocenters. The zero-order valence-electron chi connectivity index (χ0n) is 13.1. The monoisotopic (exact) mass is 328 g/mol. The van der Waals surface area contributed by atoms with E-state index in [2.05, 4.69) is 0 Å². The van der Waals surface area contributed by atoms with Crippen LogP contribution in [-0.4, -0.2) is 54.1 Å². The van der Waals surface area contributed by atoms with Crippen LogP contribution in [0.3, 0.4) is 0 Å². The largest absolute Gasteiger partial charge is 0.369 e. The van der Waals surface area contributed by atoms with Gasteiger partial charge >= 0.3 is 0 Å². The third-order valence-electron chi connectivity index (χ3n) is 4.37. The summed E-state index contributed by atoms with van der Waals surface area (Å²) in [6, 6.07) is 2.50. The molecule has 2 heterocycles. The van der Waals surface area contributed by atoms with Gasteiger partial charge in [0.2, 0.25) is 12.2 Å². The molecule has 23 heavy (non-hydrogen) atoms. The number of halogens is 3. The van der Waals surface area contributed by atoms with Gasteiger partial charge in [0.15, 0.2) is 11.6 Å². The zero-order chi connectivity index (χ0) is 16.8. The molecule has 1 amide bonds. The van der Waals surface area contributed by atoms with Crippen molar-refractivity contribution in [2.24, 2.45) is 0 Å². The van der Waals surface area contributed by atoms with E-state index in [4.69, 9.17) is 4.74 Å². The van der Waals surface area contributed by atoms with Crippen LogP contribution in [-0.2, 0) is 9.53 Å². The van der Waals surface area contributed by atoms with Gasteiger partial charge in [0.25, 0.3) is 0 Å². The summed E-state index contributed by atoms with van der Waals surface area (Å²) in [6.45, 7) is 5.27. The number of epoxide rings is 1. The van der Waals surface area contributed by atoms with Crippen LogP contribution < -0.4 is 0 Å². The molecule has 1 aromatic carbocycles. The number of benzene rings is 1. The number of rotatable bonds is 4. The second kappa shape index (κ2) is 5.79. The highest BCUT2D eigenvalue weighted by Crippen LogP contribution is 2.31. The number of nitrogens with zero attached hydrogens (tertiary/aromatic N) is 2. The molecule has 0 aromatic heterocycles. The lowest BCUT2D eigenvalue weighted by Crippen LogP contribution is -2.52. The third-order valence-corrected chi connectivity index (χ3v) is 4.37. The van der Waals surface area contributed by atoms with Gasteiger partial charge in [-0.15, -0.1) is 0 Å². The number of hydrogen-bond donors (Lipinski definition) is 0. The minimum atomic E-state index is -1.98. The third kappa shape index (κ3) is 3.21. The number of carbonyl (C=O) groups is 1. The van der Waals surface area contributed by atoms with Crippen LogP contribution in [0.25, 0.3) is 0 Å². The molecule has 0 spiro atoms. The number of carbonyl (C=O) groups excluding carboxylic acids is 1. The molecule has 2 atom stereocenters. The van der Waals surface area contributed by atoms with Crippen LogP contribution in [0.2, 0.25) is 0 Å². The minimum Gasteiger partial charge on any atom is -0.369 e. The molecule has 2 saturated heterocycles. The first-order valence-electron chi connectivity index (χ1n) is 7.55. The van der Waals surface area contributed by atoms with E-state index in [-0.39, 0.29) is 24.3 Å². The van der Waals surface area contributed by atoms with Crippen LogP contribution in [0.15, 0.2) is 12.1 Å². The standard InChI is InChI=1S/C16H19F3N2O2/c1-10-3-4-11(14(18)13(10)17)15(19)21-6-5-20(7-12(21)22)8-16(2)9-23-16/h3-4,15H,5-9H2,1-2H3. The van der Waals surface area contributed by atoms with Crippen molar-refractivity contribution in [2.75, 3.05) is 32.8 Å². The second-order valence-corrected chi connectivity index (χ2v) is 6.47. The van der Waals surface area contributed by atoms with Crippen LogP contribution >= 0.6 is 0 Å². The Bertz CT molecular complexity index is 634. The number of hydrogen-bond acceptors (Lipinski definition) is 3. The van der Waals surface area contributed by atoms with Gasteiger partial charge in [-0.1, -0.05) is 12.1 Å². The molecule has 0 radical (unpaired) electrons. The van der Waals surface area contributed by atoms with Gasteiger partial charge < -0.3 is 9.64 Å². The topological polar surface area (TPSA) is 36.1 Å². The molecule has 126 valence electrons. The van der Waals surface area contributed by atoms with Gasteiger partial charge in [-0.05, 0) is 19.4 Å². The van der Waals surface area contributed by atoms with Crippen molar-refractivity contribution >= 4 is 5.91 Å². The van der Waals surface area contributed by atoms with E-state index in [0.29, 0.717) is 19.7 Å². The predicted molar refractivity (Wildman–Crippen MR) is 77.5 cm³/mol.